The van der Waals surface area contributed by atoms with Crippen molar-refractivity contribution in [2.75, 3.05) is 11.9 Å². The molecule has 0 spiro atoms. The third-order valence-corrected chi connectivity index (χ3v) is 6.64. The molecule has 4 rings (SSSR count). The van der Waals surface area contributed by atoms with Crippen molar-refractivity contribution in [1.82, 2.24) is 9.55 Å². The number of hydrogen-bond acceptors (Lipinski definition) is 5. The molecule has 0 bridgehead atoms. The van der Waals surface area contributed by atoms with Gasteiger partial charge in [-0.15, -0.1) is 11.3 Å². The highest BCUT2D eigenvalue weighted by atomic mass is 32.1. The minimum Gasteiger partial charge on any atom is -0.492 e. The minimum absolute atomic E-state index is 0.136. The van der Waals surface area contributed by atoms with E-state index in [9.17, 15) is 9.59 Å². The molecule has 2 atom stereocenters. The predicted molar refractivity (Wildman–Crippen MR) is 116 cm³/mol. The van der Waals surface area contributed by atoms with Gasteiger partial charge in [-0.3, -0.25) is 14.2 Å². The molecule has 29 heavy (non-hydrogen) atoms. The molecule has 0 radical (unpaired) electrons. The second-order valence-corrected chi connectivity index (χ2v) is 8.67. The third-order valence-electron chi connectivity index (χ3n) is 5.48. The molecule has 152 valence electrons. The fourth-order valence-electron chi connectivity index (χ4n) is 3.83. The van der Waals surface area contributed by atoms with Crippen molar-refractivity contribution in [3.8, 4) is 5.75 Å². The Bertz CT molecular complexity index is 1120. The fraction of sp³-hybridized carbons (Fsp3) is 0.409. The molecule has 6 nitrogen and oxygen atoms in total. The number of rotatable bonds is 5. The Hall–Kier alpha value is -2.67. The Labute approximate surface area is 173 Å². The number of para-hydroxylation sites is 2. The van der Waals surface area contributed by atoms with Gasteiger partial charge >= 0.3 is 0 Å². The van der Waals surface area contributed by atoms with E-state index in [1.54, 1.807) is 24.3 Å². The zero-order valence-corrected chi connectivity index (χ0v) is 17.7. The third kappa shape index (κ3) is 3.67. The number of fused-ring (bicyclic) bond motifs is 3. The van der Waals surface area contributed by atoms with Crippen LogP contribution in [0.4, 0.5) is 5.69 Å². The highest BCUT2D eigenvalue weighted by molar-refractivity contribution is 7.18. The summed E-state index contributed by atoms with van der Waals surface area (Å²) in [6.45, 7) is 6.36. The van der Waals surface area contributed by atoms with Gasteiger partial charge in [0.25, 0.3) is 5.56 Å². The smallest absolute Gasteiger partial charge is 0.263 e. The summed E-state index contributed by atoms with van der Waals surface area (Å²) >= 11 is 1.61. The second-order valence-electron chi connectivity index (χ2n) is 7.58. The molecule has 1 aromatic carbocycles. The van der Waals surface area contributed by atoms with Gasteiger partial charge in [0.15, 0.2) is 0 Å². The van der Waals surface area contributed by atoms with Crippen LogP contribution in [-0.2, 0) is 17.6 Å². The van der Waals surface area contributed by atoms with Crippen LogP contribution < -0.4 is 15.6 Å². The van der Waals surface area contributed by atoms with Crippen molar-refractivity contribution in [3.63, 3.8) is 0 Å². The van der Waals surface area contributed by atoms with Crippen LogP contribution in [0.15, 0.2) is 35.4 Å². The highest BCUT2D eigenvalue weighted by Crippen LogP contribution is 2.35. The lowest BCUT2D eigenvalue weighted by Gasteiger charge is -2.18. The predicted octanol–water partition coefficient (Wildman–Crippen LogP) is 4.18. The first-order chi connectivity index (χ1) is 14.0. The number of amides is 1. The largest absolute Gasteiger partial charge is 0.492 e. The van der Waals surface area contributed by atoms with E-state index in [1.807, 2.05) is 25.1 Å². The van der Waals surface area contributed by atoms with Gasteiger partial charge in [0.1, 0.15) is 16.6 Å². The topological polar surface area (TPSA) is 73.2 Å². The Kier molecular flexibility index (Phi) is 5.41. The summed E-state index contributed by atoms with van der Waals surface area (Å²) in [5.74, 6) is 0.962. The van der Waals surface area contributed by atoms with Crippen LogP contribution in [0.25, 0.3) is 10.2 Å². The van der Waals surface area contributed by atoms with Gasteiger partial charge < -0.3 is 10.1 Å². The van der Waals surface area contributed by atoms with Gasteiger partial charge in [0, 0.05) is 4.88 Å². The van der Waals surface area contributed by atoms with Gasteiger partial charge in [-0.1, -0.05) is 19.1 Å². The first-order valence-corrected chi connectivity index (χ1v) is 10.8. The van der Waals surface area contributed by atoms with E-state index < -0.39 is 6.04 Å². The van der Waals surface area contributed by atoms with Gasteiger partial charge in [0.05, 0.1) is 24.0 Å². The molecule has 3 aromatic rings. The molecular weight excluding hydrogens is 386 g/mol. The number of hydrogen-bond donors (Lipinski definition) is 1. The Morgan fingerprint density at radius 3 is 3.00 bits per heavy atom. The van der Waals surface area contributed by atoms with Crippen molar-refractivity contribution in [3.05, 3.63) is 51.4 Å². The van der Waals surface area contributed by atoms with Crippen molar-refractivity contribution < 1.29 is 9.53 Å². The minimum atomic E-state index is -0.688. The molecule has 0 aliphatic heterocycles. The maximum absolute atomic E-state index is 13.2. The average Bonchev–Trinajstić information content (AvgIpc) is 3.07. The first kappa shape index (κ1) is 19.6. The molecule has 2 heterocycles. The van der Waals surface area contributed by atoms with E-state index in [0.717, 1.165) is 29.7 Å². The Morgan fingerprint density at radius 1 is 1.41 bits per heavy atom. The molecule has 0 saturated heterocycles. The molecule has 1 amide bonds. The number of carbonyl (C=O) groups is 1. The summed E-state index contributed by atoms with van der Waals surface area (Å²) in [6, 6.07) is 6.60. The number of benzene rings is 1. The van der Waals surface area contributed by atoms with Crippen molar-refractivity contribution in [2.45, 2.75) is 46.1 Å². The van der Waals surface area contributed by atoms with Crippen molar-refractivity contribution in [1.29, 1.82) is 0 Å². The Morgan fingerprint density at radius 2 is 2.21 bits per heavy atom. The lowest BCUT2D eigenvalue weighted by atomic mass is 9.89. The summed E-state index contributed by atoms with van der Waals surface area (Å²) < 4.78 is 7.01. The number of nitrogens with one attached hydrogen (secondary N) is 1. The molecular formula is C22H25N3O3S. The number of carbonyl (C=O) groups excluding carboxylic acids is 1. The summed E-state index contributed by atoms with van der Waals surface area (Å²) in [6.07, 6.45) is 4.48. The van der Waals surface area contributed by atoms with E-state index in [0.29, 0.717) is 29.3 Å². The van der Waals surface area contributed by atoms with E-state index >= 15 is 0 Å². The maximum atomic E-state index is 13.2. The first-order valence-electron chi connectivity index (χ1n) is 10.0. The van der Waals surface area contributed by atoms with Crippen LogP contribution >= 0.6 is 11.3 Å². The summed E-state index contributed by atoms with van der Waals surface area (Å²) in [7, 11) is 0. The molecule has 1 aliphatic rings. The number of nitrogens with zero attached hydrogens (tertiary/aromatic N) is 2. The van der Waals surface area contributed by atoms with Crippen LogP contribution in [0.1, 0.15) is 43.7 Å². The summed E-state index contributed by atoms with van der Waals surface area (Å²) in [4.78, 5) is 32.7. The number of anilines is 1. The van der Waals surface area contributed by atoms with Crippen molar-refractivity contribution in [2.24, 2.45) is 5.92 Å². The van der Waals surface area contributed by atoms with Crippen LogP contribution in [0.5, 0.6) is 5.75 Å². The van der Waals surface area contributed by atoms with Crippen molar-refractivity contribution >= 4 is 33.1 Å². The number of aryl methyl sites for hydroxylation is 1. The SMILES string of the molecule is CCOc1ccccc1NC(=O)[C@@H](C)n1cnc2sc3c(c2c1=O)CC[C@H](C)C3. The molecule has 2 aromatic heterocycles. The maximum Gasteiger partial charge on any atom is 0.263 e. The van der Waals surface area contributed by atoms with Crippen LogP contribution in [-0.4, -0.2) is 22.1 Å². The van der Waals surface area contributed by atoms with Gasteiger partial charge in [0.2, 0.25) is 5.91 Å². The standard InChI is InChI=1S/C22H25N3O3S/c1-4-28-17-8-6-5-7-16(17)24-20(26)14(3)25-12-23-21-19(22(25)27)15-10-9-13(2)11-18(15)29-21/h5-8,12-14H,4,9-11H2,1-3H3,(H,24,26)/t13-,14+/m0/s1. The van der Waals surface area contributed by atoms with E-state index in [4.69, 9.17) is 4.74 Å². The van der Waals surface area contributed by atoms with Gasteiger partial charge in [-0.05, 0) is 56.7 Å². The Balaban J connectivity index is 1.65. The van der Waals surface area contributed by atoms with Crippen LogP contribution in [0, 0.1) is 5.92 Å². The van der Waals surface area contributed by atoms with Gasteiger partial charge in [-0.2, -0.15) is 0 Å². The number of ether oxygens (including phenoxy) is 1. The van der Waals surface area contributed by atoms with E-state index in [2.05, 4.69) is 17.2 Å². The zero-order valence-electron chi connectivity index (χ0n) is 16.9. The second kappa shape index (κ2) is 7.99. The molecule has 0 saturated carbocycles. The number of thiophene rings is 1. The quantitative estimate of drug-likeness (QED) is 0.684. The van der Waals surface area contributed by atoms with Crippen LogP contribution in [0.3, 0.4) is 0 Å². The normalized spacial score (nSPS) is 17.0. The highest BCUT2D eigenvalue weighted by Gasteiger charge is 2.25. The average molecular weight is 412 g/mol. The van der Waals surface area contributed by atoms with E-state index in [1.165, 1.54) is 15.8 Å². The summed E-state index contributed by atoms with van der Waals surface area (Å²) in [5, 5.41) is 3.57. The molecule has 0 fully saturated rings. The zero-order chi connectivity index (χ0) is 20.5. The van der Waals surface area contributed by atoms with Crippen LogP contribution in [0.2, 0.25) is 0 Å². The monoisotopic (exact) mass is 411 g/mol. The lowest BCUT2D eigenvalue weighted by Crippen LogP contribution is -2.32. The number of aromatic nitrogens is 2. The fourth-order valence-corrected chi connectivity index (χ4v) is 5.18. The molecule has 0 unspecified atom stereocenters. The molecule has 7 heteroatoms. The summed E-state index contributed by atoms with van der Waals surface area (Å²) in [5.41, 5.74) is 1.59. The lowest BCUT2D eigenvalue weighted by molar-refractivity contribution is -0.118. The van der Waals surface area contributed by atoms with Gasteiger partial charge in [-0.25, -0.2) is 4.98 Å². The molecule has 1 N–H and O–H groups in total. The molecule has 1 aliphatic carbocycles. The van der Waals surface area contributed by atoms with E-state index in [-0.39, 0.29) is 11.5 Å².